The van der Waals surface area contributed by atoms with Crippen LogP contribution in [0.5, 0.6) is 0 Å². The van der Waals surface area contributed by atoms with Crippen molar-refractivity contribution in [1.82, 2.24) is 14.8 Å². The summed E-state index contributed by atoms with van der Waals surface area (Å²) in [5.74, 6) is 0.209. The van der Waals surface area contributed by atoms with Crippen molar-refractivity contribution in [3.05, 3.63) is 70.9 Å². The summed E-state index contributed by atoms with van der Waals surface area (Å²) in [6.45, 7) is 7.17. The van der Waals surface area contributed by atoms with E-state index in [4.69, 9.17) is 0 Å². The second-order valence-electron chi connectivity index (χ2n) is 7.71. The molecule has 1 fully saturated rings. The zero-order valence-corrected chi connectivity index (χ0v) is 17.1. The zero-order valence-electron chi connectivity index (χ0n) is 17.1. The minimum atomic E-state index is 0.0751. The highest BCUT2D eigenvalue weighted by molar-refractivity contribution is 6.10. The number of aromatic amines is 1. The Morgan fingerprint density at radius 1 is 0.966 bits per heavy atom. The smallest absolute Gasteiger partial charge is 0.253 e. The topological polar surface area (TPSA) is 56.4 Å². The van der Waals surface area contributed by atoms with Gasteiger partial charge in [-0.3, -0.25) is 14.5 Å². The van der Waals surface area contributed by atoms with Crippen LogP contribution < -0.4 is 0 Å². The summed E-state index contributed by atoms with van der Waals surface area (Å²) in [7, 11) is 0. The van der Waals surface area contributed by atoms with Gasteiger partial charge in [0.25, 0.3) is 5.91 Å². The van der Waals surface area contributed by atoms with Crippen LogP contribution in [0.1, 0.15) is 38.9 Å². The number of amides is 1. The number of carbonyl (C=O) groups is 2. The zero-order chi connectivity index (χ0) is 20.4. The summed E-state index contributed by atoms with van der Waals surface area (Å²) in [6, 6.07) is 15.8. The maximum Gasteiger partial charge on any atom is 0.253 e. The normalized spacial score (nSPS) is 15.0. The van der Waals surface area contributed by atoms with Crippen LogP contribution in [0.25, 0.3) is 10.9 Å². The molecule has 150 valence electrons. The lowest BCUT2D eigenvalue weighted by Gasteiger charge is -2.34. The molecule has 2 aromatic carbocycles. The molecule has 1 N–H and O–H groups in total. The molecule has 5 nitrogen and oxygen atoms in total. The second kappa shape index (κ2) is 8.21. The molecular formula is C24H27N3O2. The lowest BCUT2D eigenvalue weighted by molar-refractivity contribution is 0.0624. The molecule has 1 aromatic heterocycles. The van der Waals surface area contributed by atoms with Crippen molar-refractivity contribution >= 4 is 22.6 Å². The Kier molecular flexibility index (Phi) is 5.49. The molecule has 0 unspecified atom stereocenters. The van der Waals surface area contributed by atoms with Crippen LogP contribution >= 0.6 is 0 Å². The number of rotatable bonds is 5. The number of aromatic nitrogens is 1. The van der Waals surface area contributed by atoms with E-state index in [0.29, 0.717) is 32.7 Å². The summed E-state index contributed by atoms with van der Waals surface area (Å²) in [5, 5.41) is 0.985. The Labute approximate surface area is 171 Å². The van der Waals surface area contributed by atoms with Crippen LogP contribution in [0.15, 0.2) is 48.5 Å². The van der Waals surface area contributed by atoms with E-state index in [1.165, 1.54) is 5.56 Å². The highest BCUT2D eigenvalue weighted by Crippen LogP contribution is 2.23. The minimum Gasteiger partial charge on any atom is -0.358 e. The van der Waals surface area contributed by atoms with Crippen LogP contribution in [0.4, 0.5) is 0 Å². The Morgan fingerprint density at radius 3 is 2.34 bits per heavy atom. The minimum absolute atomic E-state index is 0.0751. The van der Waals surface area contributed by atoms with Crippen LogP contribution in [-0.4, -0.2) is 59.2 Å². The van der Waals surface area contributed by atoms with Gasteiger partial charge in [0.1, 0.15) is 0 Å². The average molecular weight is 389 g/mol. The first kappa shape index (κ1) is 19.4. The third kappa shape index (κ3) is 3.96. The number of benzene rings is 2. The van der Waals surface area contributed by atoms with Gasteiger partial charge < -0.3 is 9.88 Å². The molecule has 1 saturated heterocycles. The van der Waals surface area contributed by atoms with E-state index in [1.807, 2.05) is 60.4 Å². The van der Waals surface area contributed by atoms with Crippen molar-refractivity contribution in [2.45, 2.75) is 20.3 Å². The van der Waals surface area contributed by atoms with Gasteiger partial charge in [0, 0.05) is 53.9 Å². The molecule has 0 aliphatic carbocycles. The fraction of sp³-hybridized carbons (Fsp3) is 0.333. The Bertz CT molecular complexity index is 1030. The number of ketones is 1. The standard InChI is InChI=1S/C24H27N3O2/c1-3-18-8-10-19(11-9-18)24(29)27-14-12-26(13-15-27)16-22(28)23-17(2)25-21-7-5-4-6-20(21)23/h4-11,25H,3,12-16H2,1-2H3. The molecule has 0 bridgehead atoms. The molecule has 1 aliphatic rings. The van der Waals surface area contributed by atoms with E-state index in [-0.39, 0.29) is 11.7 Å². The van der Waals surface area contributed by atoms with Gasteiger partial charge in [-0.15, -0.1) is 0 Å². The first-order valence-electron chi connectivity index (χ1n) is 10.3. The predicted molar refractivity (Wildman–Crippen MR) is 116 cm³/mol. The number of nitrogens with one attached hydrogen (secondary N) is 1. The van der Waals surface area contributed by atoms with Gasteiger partial charge in [-0.2, -0.15) is 0 Å². The van der Waals surface area contributed by atoms with Crippen molar-refractivity contribution in [3.63, 3.8) is 0 Å². The number of carbonyl (C=O) groups excluding carboxylic acids is 2. The fourth-order valence-corrected chi connectivity index (χ4v) is 4.09. The number of Topliss-reactive ketones (excluding diaryl/α,β-unsaturated/α-hetero) is 1. The summed E-state index contributed by atoms with van der Waals surface area (Å²) in [5.41, 5.74) is 4.67. The van der Waals surface area contributed by atoms with Crippen LogP contribution in [0.2, 0.25) is 0 Å². The summed E-state index contributed by atoms with van der Waals surface area (Å²) < 4.78 is 0. The molecule has 0 radical (unpaired) electrons. The van der Waals surface area contributed by atoms with E-state index in [1.54, 1.807) is 0 Å². The van der Waals surface area contributed by atoms with Crippen molar-refractivity contribution < 1.29 is 9.59 Å². The average Bonchev–Trinajstić information content (AvgIpc) is 3.09. The first-order valence-corrected chi connectivity index (χ1v) is 10.3. The predicted octanol–water partition coefficient (Wildman–Crippen LogP) is 3.68. The number of hydrogen-bond donors (Lipinski definition) is 1. The summed E-state index contributed by atoms with van der Waals surface area (Å²) in [6.07, 6.45) is 0.969. The van der Waals surface area contributed by atoms with Crippen molar-refractivity contribution in [2.75, 3.05) is 32.7 Å². The summed E-state index contributed by atoms with van der Waals surface area (Å²) >= 11 is 0. The Morgan fingerprint density at radius 2 is 1.66 bits per heavy atom. The van der Waals surface area contributed by atoms with Crippen LogP contribution in [0, 0.1) is 6.92 Å². The van der Waals surface area contributed by atoms with Gasteiger partial charge in [-0.05, 0) is 37.1 Å². The molecule has 3 aromatic rings. The van der Waals surface area contributed by atoms with Crippen molar-refractivity contribution in [3.8, 4) is 0 Å². The van der Waals surface area contributed by atoms with Gasteiger partial charge in [0.15, 0.2) is 5.78 Å². The molecule has 5 heteroatoms. The highest BCUT2D eigenvalue weighted by atomic mass is 16.2. The number of para-hydroxylation sites is 1. The summed E-state index contributed by atoms with van der Waals surface area (Å²) in [4.78, 5) is 33.0. The Balaban J connectivity index is 1.37. The Hall–Kier alpha value is -2.92. The number of fused-ring (bicyclic) bond motifs is 1. The van der Waals surface area contributed by atoms with Gasteiger partial charge in [-0.1, -0.05) is 37.3 Å². The van der Waals surface area contributed by atoms with Crippen molar-refractivity contribution in [2.24, 2.45) is 0 Å². The molecular weight excluding hydrogens is 362 g/mol. The number of piperazine rings is 1. The van der Waals surface area contributed by atoms with E-state index in [9.17, 15) is 9.59 Å². The van der Waals surface area contributed by atoms with E-state index >= 15 is 0 Å². The largest absolute Gasteiger partial charge is 0.358 e. The molecule has 29 heavy (non-hydrogen) atoms. The quantitative estimate of drug-likeness (QED) is 0.677. The first-order chi connectivity index (χ1) is 14.1. The molecule has 0 saturated carbocycles. The SMILES string of the molecule is CCc1ccc(C(=O)N2CCN(CC(=O)c3c(C)[nH]c4ccccc34)CC2)cc1. The van der Waals surface area contributed by atoms with E-state index in [2.05, 4.69) is 16.8 Å². The second-order valence-corrected chi connectivity index (χ2v) is 7.71. The maximum absolute atomic E-state index is 13.0. The number of hydrogen-bond acceptors (Lipinski definition) is 3. The van der Waals surface area contributed by atoms with E-state index < -0.39 is 0 Å². The third-order valence-electron chi connectivity index (χ3n) is 5.81. The van der Waals surface area contributed by atoms with Gasteiger partial charge in [0.05, 0.1) is 6.54 Å². The lowest BCUT2D eigenvalue weighted by Crippen LogP contribution is -2.49. The molecule has 1 aliphatic heterocycles. The third-order valence-corrected chi connectivity index (χ3v) is 5.81. The van der Waals surface area contributed by atoms with Gasteiger partial charge in [0.2, 0.25) is 0 Å². The molecule has 0 atom stereocenters. The fourth-order valence-electron chi connectivity index (χ4n) is 4.09. The number of H-pyrrole nitrogens is 1. The molecule has 0 spiro atoms. The lowest BCUT2D eigenvalue weighted by atomic mass is 10.1. The monoisotopic (exact) mass is 389 g/mol. The van der Waals surface area contributed by atoms with Crippen LogP contribution in [0.3, 0.4) is 0 Å². The molecule has 1 amide bonds. The van der Waals surface area contributed by atoms with Crippen LogP contribution in [-0.2, 0) is 6.42 Å². The highest BCUT2D eigenvalue weighted by Gasteiger charge is 2.25. The number of aryl methyl sites for hydroxylation is 2. The van der Waals surface area contributed by atoms with E-state index in [0.717, 1.165) is 34.1 Å². The van der Waals surface area contributed by atoms with Gasteiger partial charge >= 0.3 is 0 Å². The maximum atomic E-state index is 13.0. The van der Waals surface area contributed by atoms with Crippen molar-refractivity contribution in [1.29, 1.82) is 0 Å². The molecule has 4 rings (SSSR count). The number of nitrogens with zero attached hydrogens (tertiary/aromatic N) is 2. The van der Waals surface area contributed by atoms with Gasteiger partial charge in [-0.25, -0.2) is 0 Å². The molecule has 2 heterocycles.